The molecule has 5 nitrogen and oxygen atoms in total. The molecule has 1 N–H and O–H groups in total. The van der Waals surface area contributed by atoms with Crippen LogP contribution in [0, 0.1) is 5.92 Å². The predicted octanol–water partition coefficient (Wildman–Crippen LogP) is 0.956. The lowest BCUT2D eigenvalue weighted by atomic mass is 10.1. The fourth-order valence-electron chi connectivity index (χ4n) is 2.18. The molecule has 1 aliphatic heterocycles. The Morgan fingerprint density at radius 1 is 1.47 bits per heavy atom. The van der Waals surface area contributed by atoms with Crippen molar-refractivity contribution in [2.75, 3.05) is 13.1 Å². The topological polar surface area (TPSA) is 62.3 Å². The smallest absolute Gasteiger partial charge is 0.232 e. The number of pyridine rings is 1. The summed E-state index contributed by atoms with van der Waals surface area (Å²) in [5.74, 6) is -0.210. The maximum Gasteiger partial charge on any atom is 0.232 e. The summed E-state index contributed by atoms with van der Waals surface area (Å²) in [6, 6.07) is 3.91. The summed E-state index contributed by atoms with van der Waals surface area (Å²) in [6.45, 7) is 3.86. The molecule has 1 aliphatic rings. The Balaban J connectivity index is 1.65. The summed E-state index contributed by atoms with van der Waals surface area (Å²) in [7, 11) is 0. The van der Waals surface area contributed by atoms with Gasteiger partial charge in [-0.1, -0.05) is 13.0 Å². The van der Waals surface area contributed by atoms with Gasteiger partial charge in [0.15, 0.2) is 0 Å². The number of rotatable bonds is 6. The highest BCUT2D eigenvalue weighted by Crippen LogP contribution is 2.18. The lowest BCUT2D eigenvalue weighted by Crippen LogP contribution is -2.32. The largest absolute Gasteiger partial charge is 0.313 e. The van der Waals surface area contributed by atoms with Crippen LogP contribution in [0.4, 0.5) is 0 Å². The Bertz CT molecular complexity index is 447. The van der Waals surface area contributed by atoms with Crippen molar-refractivity contribution in [3.8, 4) is 0 Å². The Kier molecular flexibility index (Phi) is 4.63. The van der Waals surface area contributed by atoms with Crippen molar-refractivity contribution < 1.29 is 9.59 Å². The van der Waals surface area contributed by atoms with Gasteiger partial charge < -0.3 is 5.32 Å². The Morgan fingerprint density at radius 2 is 2.32 bits per heavy atom. The number of nitrogens with one attached hydrogen (secondary N) is 1. The molecule has 0 bridgehead atoms. The first kappa shape index (κ1) is 13.7. The number of carbonyl (C=O) groups is 2. The van der Waals surface area contributed by atoms with Crippen LogP contribution in [-0.4, -0.2) is 34.8 Å². The maximum atomic E-state index is 11.7. The van der Waals surface area contributed by atoms with Crippen molar-refractivity contribution in [2.45, 2.75) is 26.3 Å². The zero-order chi connectivity index (χ0) is 13.7. The van der Waals surface area contributed by atoms with Gasteiger partial charge in [-0.3, -0.25) is 19.5 Å². The number of likely N-dealkylation sites (tertiary alicyclic amines) is 1. The predicted molar refractivity (Wildman–Crippen MR) is 71.1 cm³/mol. The second kappa shape index (κ2) is 6.43. The van der Waals surface area contributed by atoms with E-state index in [0.717, 1.165) is 25.1 Å². The Morgan fingerprint density at radius 3 is 2.95 bits per heavy atom. The first-order valence-corrected chi connectivity index (χ1v) is 6.62. The second-order valence-corrected chi connectivity index (χ2v) is 4.88. The number of amides is 2. The minimum atomic E-state index is -0.143. The minimum Gasteiger partial charge on any atom is -0.313 e. The highest BCUT2D eigenvalue weighted by atomic mass is 16.2. The molecule has 0 saturated carbocycles. The fourth-order valence-corrected chi connectivity index (χ4v) is 2.18. The van der Waals surface area contributed by atoms with E-state index in [1.54, 1.807) is 13.1 Å². The summed E-state index contributed by atoms with van der Waals surface area (Å²) in [5.41, 5.74) is 1.13. The quantitative estimate of drug-likeness (QED) is 0.612. The van der Waals surface area contributed by atoms with Crippen molar-refractivity contribution in [3.05, 3.63) is 30.1 Å². The van der Waals surface area contributed by atoms with Crippen LogP contribution in [0.5, 0.6) is 0 Å². The zero-order valence-corrected chi connectivity index (χ0v) is 11.1. The SMILES string of the molecule is CC1CC(=O)N(CCCNCc2cccnc2)C1=O. The molecule has 0 aliphatic carbocycles. The average Bonchev–Trinajstić information content (AvgIpc) is 2.65. The summed E-state index contributed by atoms with van der Waals surface area (Å²) in [4.78, 5) is 28.7. The van der Waals surface area contributed by atoms with E-state index in [9.17, 15) is 9.59 Å². The molecule has 1 aromatic heterocycles. The van der Waals surface area contributed by atoms with E-state index in [1.807, 2.05) is 18.3 Å². The number of hydrogen-bond donors (Lipinski definition) is 1. The summed E-state index contributed by atoms with van der Waals surface area (Å²) in [5, 5.41) is 3.28. The van der Waals surface area contributed by atoms with Gasteiger partial charge >= 0.3 is 0 Å². The van der Waals surface area contributed by atoms with Crippen LogP contribution >= 0.6 is 0 Å². The molecular formula is C14H19N3O2. The third kappa shape index (κ3) is 3.61. The number of nitrogens with zero attached hydrogens (tertiary/aromatic N) is 2. The minimum absolute atomic E-state index is 0.0303. The van der Waals surface area contributed by atoms with Crippen LogP contribution in [-0.2, 0) is 16.1 Å². The Labute approximate surface area is 113 Å². The molecule has 102 valence electrons. The van der Waals surface area contributed by atoms with E-state index >= 15 is 0 Å². The van der Waals surface area contributed by atoms with Gasteiger partial charge in [-0.2, -0.15) is 0 Å². The fraction of sp³-hybridized carbons (Fsp3) is 0.500. The monoisotopic (exact) mass is 261 g/mol. The van der Waals surface area contributed by atoms with Crippen molar-refractivity contribution >= 4 is 11.8 Å². The number of aromatic nitrogens is 1. The summed E-state index contributed by atoms with van der Waals surface area (Å²) < 4.78 is 0. The van der Waals surface area contributed by atoms with E-state index in [4.69, 9.17) is 0 Å². The second-order valence-electron chi connectivity index (χ2n) is 4.88. The third-order valence-corrected chi connectivity index (χ3v) is 3.26. The average molecular weight is 261 g/mol. The number of imide groups is 1. The van der Waals surface area contributed by atoms with E-state index in [0.29, 0.717) is 13.0 Å². The van der Waals surface area contributed by atoms with E-state index in [-0.39, 0.29) is 17.7 Å². The van der Waals surface area contributed by atoms with Gasteiger partial charge in [-0.05, 0) is 24.6 Å². The highest BCUT2D eigenvalue weighted by molar-refractivity contribution is 6.03. The van der Waals surface area contributed by atoms with Crippen molar-refractivity contribution in [1.82, 2.24) is 15.2 Å². The Hall–Kier alpha value is -1.75. The lowest BCUT2D eigenvalue weighted by molar-refractivity contribution is -0.139. The van der Waals surface area contributed by atoms with Crippen LogP contribution in [0.2, 0.25) is 0 Å². The summed E-state index contributed by atoms with van der Waals surface area (Å²) >= 11 is 0. The van der Waals surface area contributed by atoms with E-state index in [1.165, 1.54) is 4.90 Å². The van der Waals surface area contributed by atoms with Crippen LogP contribution in [0.1, 0.15) is 25.3 Å². The van der Waals surface area contributed by atoms with E-state index < -0.39 is 0 Å². The van der Waals surface area contributed by atoms with Gasteiger partial charge in [0, 0.05) is 37.8 Å². The van der Waals surface area contributed by atoms with Gasteiger partial charge in [0.25, 0.3) is 0 Å². The number of carbonyl (C=O) groups excluding carboxylic acids is 2. The van der Waals surface area contributed by atoms with Gasteiger partial charge in [-0.15, -0.1) is 0 Å². The normalized spacial score (nSPS) is 19.2. The van der Waals surface area contributed by atoms with Crippen LogP contribution in [0.25, 0.3) is 0 Å². The van der Waals surface area contributed by atoms with Crippen LogP contribution in [0.3, 0.4) is 0 Å². The lowest BCUT2D eigenvalue weighted by Gasteiger charge is -2.14. The highest BCUT2D eigenvalue weighted by Gasteiger charge is 2.34. The molecule has 2 amide bonds. The molecule has 1 unspecified atom stereocenters. The molecule has 1 saturated heterocycles. The standard InChI is InChI=1S/C14H19N3O2/c1-11-8-13(18)17(14(11)19)7-3-6-16-10-12-4-2-5-15-9-12/h2,4-5,9,11,16H,3,6-8,10H2,1H3. The van der Waals surface area contributed by atoms with Gasteiger partial charge in [0.05, 0.1) is 0 Å². The third-order valence-electron chi connectivity index (χ3n) is 3.26. The molecule has 1 fully saturated rings. The molecule has 0 radical (unpaired) electrons. The van der Waals surface area contributed by atoms with Gasteiger partial charge in [0.1, 0.15) is 0 Å². The van der Waals surface area contributed by atoms with Gasteiger partial charge in [-0.25, -0.2) is 0 Å². The number of hydrogen-bond acceptors (Lipinski definition) is 4. The molecule has 19 heavy (non-hydrogen) atoms. The molecule has 5 heteroatoms. The molecule has 1 atom stereocenters. The first-order valence-electron chi connectivity index (χ1n) is 6.62. The van der Waals surface area contributed by atoms with Crippen LogP contribution in [0.15, 0.2) is 24.5 Å². The van der Waals surface area contributed by atoms with Gasteiger partial charge in [0.2, 0.25) is 11.8 Å². The maximum absolute atomic E-state index is 11.7. The molecular weight excluding hydrogens is 242 g/mol. The molecule has 1 aromatic rings. The first-order chi connectivity index (χ1) is 9.18. The van der Waals surface area contributed by atoms with Crippen molar-refractivity contribution in [3.63, 3.8) is 0 Å². The molecule has 2 rings (SSSR count). The molecule has 2 heterocycles. The molecule has 0 spiro atoms. The van der Waals surface area contributed by atoms with Crippen molar-refractivity contribution in [1.29, 1.82) is 0 Å². The van der Waals surface area contributed by atoms with Crippen LogP contribution < -0.4 is 5.32 Å². The van der Waals surface area contributed by atoms with E-state index in [2.05, 4.69) is 10.3 Å². The molecule has 0 aromatic carbocycles. The summed E-state index contributed by atoms with van der Waals surface area (Å²) in [6.07, 6.45) is 4.71. The van der Waals surface area contributed by atoms with Crippen molar-refractivity contribution in [2.24, 2.45) is 5.92 Å². The zero-order valence-electron chi connectivity index (χ0n) is 11.1.